The van der Waals surface area contributed by atoms with E-state index < -0.39 is 11.7 Å². The van der Waals surface area contributed by atoms with Crippen molar-refractivity contribution in [3.05, 3.63) is 76.4 Å². The SMILES string of the molecule is CCn1nc(C)c(CN=C(NC(=O)c2cccc(F)c2)Nc2cc(C)ccc2OC)c1C. The average Bonchev–Trinajstić information content (AvgIpc) is 3.04. The summed E-state index contributed by atoms with van der Waals surface area (Å²) in [4.78, 5) is 17.4. The van der Waals surface area contributed by atoms with Crippen LogP contribution in [0, 0.1) is 26.6 Å². The van der Waals surface area contributed by atoms with E-state index in [0.717, 1.165) is 29.1 Å². The number of hydrogen-bond donors (Lipinski definition) is 2. The van der Waals surface area contributed by atoms with E-state index >= 15 is 0 Å². The Bertz CT molecular complexity index is 1150. The third-order valence-electron chi connectivity index (χ3n) is 5.15. The van der Waals surface area contributed by atoms with Gasteiger partial charge in [0.2, 0.25) is 5.96 Å². The van der Waals surface area contributed by atoms with Crippen molar-refractivity contribution in [2.45, 2.75) is 40.8 Å². The molecule has 1 amide bonds. The molecular weight excluding hydrogens is 409 g/mol. The van der Waals surface area contributed by atoms with Crippen LogP contribution in [0.4, 0.5) is 10.1 Å². The third-order valence-corrected chi connectivity index (χ3v) is 5.15. The number of aliphatic imine (C=N–C) groups is 1. The van der Waals surface area contributed by atoms with Gasteiger partial charge in [-0.1, -0.05) is 12.1 Å². The Morgan fingerprint density at radius 2 is 1.97 bits per heavy atom. The van der Waals surface area contributed by atoms with Crippen molar-refractivity contribution in [3.8, 4) is 5.75 Å². The Morgan fingerprint density at radius 3 is 2.62 bits per heavy atom. The number of carbonyl (C=O) groups is 1. The van der Waals surface area contributed by atoms with Crippen molar-refractivity contribution < 1.29 is 13.9 Å². The predicted molar refractivity (Wildman–Crippen MR) is 124 cm³/mol. The standard InChI is InChI=1S/C24H28FN5O2/c1-6-30-17(4)20(16(3)29-30)14-26-24(27-21-12-15(2)10-11-22(21)32-5)28-23(31)18-8-7-9-19(25)13-18/h7-13H,6,14H2,1-5H3,(H2,26,27,28,31). The number of aryl methyl sites for hydroxylation is 3. The maximum absolute atomic E-state index is 13.6. The Hall–Kier alpha value is -3.68. The summed E-state index contributed by atoms with van der Waals surface area (Å²) in [5.41, 5.74) is 4.77. The van der Waals surface area contributed by atoms with Crippen LogP contribution in [-0.4, -0.2) is 28.8 Å². The van der Waals surface area contributed by atoms with E-state index in [2.05, 4.69) is 20.7 Å². The summed E-state index contributed by atoms with van der Waals surface area (Å²) >= 11 is 0. The first-order valence-electron chi connectivity index (χ1n) is 10.4. The molecular formula is C24H28FN5O2. The summed E-state index contributed by atoms with van der Waals surface area (Å²) in [5, 5.41) is 10.4. The second kappa shape index (κ2) is 10.1. The van der Waals surface area contributed by atoms with E-state index in [4.69, 9.17) is 4.74 Å². The average molecular weight is 438 g/mol. The number of aromatic nitrogens is 2. The summed E-state index contributed by atoms with van der Waals surface area (Å²) in [6.45, 7) is 9.00. The van der Waals surface area contributed by atoms with Crippen molar-refractivity contribution >= 4 is 17.6 Å². The molecule has 0 atom stereocenters. The van der Waals surface area contributed by atoms with Gasteiger partial charge in [-0.05, 0) is 63.6 Å². The molecule has 0 unspecified atom stereocenters. The number of guanidine groups is 1. The van der Waals surface area contributed by atoms with E-state index in [0.29, 0.717) is 18.0 Å². The van der Waals surface area contributed by atoms with Gasteiger partial charge in [-0.2, -0.15) is 5.10 Å². The number of carbonyl (C=O) groups excluding carboxylic acids is 1. The number of halogens is 1. The molecule has 168 valence electrons. The van der Waals surface area contributed by atoms with Crippen molar-refractivity contribution in [2.24, 2.45) is 4.99 Å². The zero-order chi connectivity index (χ0) is 23.3. The van der Waals surface area contributed by atoms with Crippen LogP contribution in [0.25, 0.3) is 0 Å². The number of nitrogens with zero attached hydrogens (tertiary/aromatic N) is 3. The minimum atomic E-state index is -0.484. The number of nitrogens with one attached hydrogen (secondary N) is 2. The Kier molecular flexibility index (Phi) is 7.25. The van der Waals surface area contributed by atoms with E-state index in [9.17, 15) is 9.18 Å². The molecule has 1 heterocycles. The molecule has 0 aliphatic rings. The first-order valence-corrected chi connectivity index (χ1v) is 10.4. The smallest absolute Gasteiger partial charge is 0.258 e. The van der Waals surface area contributed by atoms with E-state index in [1.165, 1.54) is 18.2 Å². The van der Waals surface area contributed by atoms with Crippen molar-refractivity contribution in [1.82, 2.24) is 15.1 Å². The van der Waals surface area contributed by atoms with Crippen LogP contribution in [-0.2, 0) is 13.1 Å². The van der Waals surface area contributed by atoms with Crippen LogP contribution in [0.5, 0.6) is 5.75 Å². The molecule has 0 aliphatic carbocycles. The molecule has 0 spiro atoms. The number of benzene rings is 2. The normalized spacial score (nSPS) is 11.4. The third kappa shape index (κ3) is 5.32. The second-order valence-electron chi connectivity index (χ2n) is 7.42. The van der Waals surface area contributed by atoms with Gasteiger partial charge in [0.05, 0.1) is 25.0 Å². The molecule has 7 nitrogen and oxygen atoms in total. The lowest BCUT2D eigenvalue weighted by atomic mass is 10.2. The van der Waals surface area contributed by atoms with E-state index in [-0.39, 0.29) is 11.5 Å². The van der Waals surface area contributed by atoms with Crippen LogP contribution >= 0.6 is 0 Å². The van der Waals surface area contributed by atoms with Gasteiger partial charge in [-0.25, -0.2) is 9.38 Å². The number of methoxy groups -OCH3 is 1. The summed E-state index contributed by atoms with van der Waals surface area (Å²) in [7, 11) is 1.57. The molecule has 32 heavy (non-hydrogen) atoms. The molecule has 2 aromatic carbocycles. The molecule has 3 aromatic rings. The molecule has 0 aliphatic heterocycles. The number of ether oxygens (including phenoxy) is 1. The zero-order valence-corrected chi connectivity index (χ0v) is 19.0. The highest BCUT2D eigenvalue weighted by Gasteiger charge is 2.14. The van der Waals surface area contributed by atoms with Crippen LogP contribution in [0.2, 0.25) is 0 Å². The fourth-order valence-electron chi connectivity index (χ4n) is 3.40. The molecule has 1 aromatic heterocycles. The summed E-state index contributed by atoms with van der Waals surface area (Å²) in [5.74, 6) is -0.122. The van der Waals surface area contributed by atoms with E-state index in [1.807, 2.05) is 50.6 Å². The fourth-order valence-corrected chi connectivity index (χ4v) is 3.40. The summed E-state index contributed by atoms with van der Waals surface area (Å²) in [6.07, 6.45) is 0. The first-order chi connectivity index (χ1) is 15.3. The lowest BCUT2D eigenvalue weighted by Crippen LogP contribution is -2.36. The lowest BCUT2D eigenvalue weighted by Gasteiger charge is -2.15. The Balaban J connectivity index is 1.93. The molecule has 0 bridgehead atoms. The summed E-state index contributed by atoms with van der Waals surface area (Å²) in [6, 6.07) is 11.2. The monoisotopic (exact) mass is 437 g/mol. The van der Waals surface area contributed by atoms with Gasteiger partial charge in [0.1, 0.15) is 11.6 Å². The van der Waals surface area contributed by atoms with Crippen molar-refractivity contribution in [2.75, 3.05) is 12.4 Å². The van der Waals surface area contributed by atoms with Gasteiger partial charge in [0, 0.05) is 23.4 Å². The highest BCUT2D eigenvalue weighted by Crippen LogP contribution is 2.25. The number of hydrogen-bond acceptors (Lipinski definition) is 4. The van der Waals surface area contributed by atoms with Gasteiger partial charge in [0.25, 0.3) is 5.91 Å². The number of amides is 1. The van der Waals surface area contributed by atoms with Gasteiger partial charge in [-0.3, -0.25) is 14.8 Å². The minimum absolute atomic E-state index is 0.196. The van der Waals surface area contributed by atoms with E-state index in [1.54, 1.807) is 13.2 Å². The van der Waals surface area contributed by atoms with Crippen LogP contribution in [0.15, 0.2) is 47.5 Å². The lowest BCUT2D eigenvalue weighted by molar-refractivity contribution is 0.0976. The topological polar surface area (TPSA) is 80.5 Å². The zero-order valence-electron chi connectivity index (χ0n) is 19.0. The fraction of sp³-hybridized carbons (Fsp3) is 0.292. The Morgan fingerprint density at radius 1 is 1.19 bits per heavy atom. The largest absolute Gasteiger partial charge is 0.495 e. The van der Waals surface area contributed by atoms with Gasteiger partial charge >= 0.3 is 0 Å². The Labute approximate surface area is 187 Å². The number of anilines is 1. The van der Waals surface area contributed by atoms with Gasteiger partial charge in [0.15, 0.2) is 0 Å². The molecule has 0 radical (unpaired) electrons. The number of rotatable bonds is 6. The molecule has 0 fully saturated rings. The highest BCUT2D eigenvalue weighted by molar-refractivity contribution is 6.10. The molecule has 0 saturated carbocycles. The van der Waals surface area contributed by atoms with Crippen LogP contribution in [0.1, 0.15) is 39.8 Å². The summed E-state index contributed by atoms with van der Waals surface area (Å²) < 4.78 is 20.9. The first kappa shape index (κ1) is 23.0. The van der Waals surface area contributed by atoms with Crippen LogP contribution in [0.3, 0.4) is 0 Å². The maximum atomic E-state index is 13.6. The van der Waals surface area contributed by atoms with Crippen LogP contribution < -0.4 is 15.4 Å². The van der Waals surface area contributed by atoms with Crippen molar-refractivity contribution in [3.63, 3.8) is 0 Å². The molecule has 0 saturated heterocycles. The van der Waals surface area contributed by atoms with Gasteiger partial charge in [-0.15, -0.1) is 0 Å². The highest BCUT2D eigenvalue weighted by atomic mass is 19.1. The molecule has 8 heteroatoms. The predicted octanol–water partition coefficient (Wildman–Crippen LogP) is 4.37. The van der Waals surface area contributed by atoms with Gasteiger partial charge < -0.3 is 10.1 Å². The molecule has 2 N–H and O–H groups in total. The minimum Gasteiger partial charge on any atom is -0.495 e. The second-order valence-corrected chi connectivity index (χ2v) is 7.42. The quantitative estimate of drug-likeness (QED) is 0.443. The maximum Gasteiger partial charge on any atom is 0.258 e. The molecule has 3 rings (SSSR count). The van der Waals surface area contributed by atoms with Crippen molar-refractivity contribution in [1.29, 1.82) is 0 Å².